The van der Waals surface area contributed by atoms with E-state index in [2.05, 4.69) is 0 Å². The fourth-order valence-electron chi connectivity index (χ4n) is 6.33. The van der Waals surface area contributed by atoms with Crippen molar-refractivity contribution in [1.82, 2.24) is 0 Å². The van der Waals surface area contributed by atoms with Gasteiger partial charge in [0.1, 0.15) is 46.4 Å². The number of hydrogen-bond donors (Lipinski definition) is 2. The van der Waals surface area contributed by atoms with Gasteiger partial charge in [0.2, 0.25) is 5.78 Å². The highest BCUT2D eigenvalue weighted by molar-refractivity contribution is 6.16. The molecule has 2 atom stereocenters. The minimum Gasteiger partial charge on any atom is -0.496 e. The highest BCUT2D eigenvalue weighted by Gasteiger charge is 2.56. The molecule has 0 fully saturated rings. The molecule has 0 aromatic heterocycles. The number of ether oxygens (including phenoxy) is 9. The van der Waals surface area contributed by atoms with Crippen molar-refractivity contribution in [3.63, 3.8) is 0 Å². The SMILES string of the molecule is COCOc1cccc(OCOC)c1[C@@H](O)c1c(OC)ccc(OC)c1-c1c(OC)ccc([C@]2(O)C(=O)c3cc(C)cc(OC)c32)c1OC. The summed E-state index contributed by atoms with van der Waals surface area (Å²) in [6.07, 6.45) is -1.49. The molecule has 0 radical (unpaired) electrons. The van der Waals surface area contributed by atoms with Crippen LogP contribution >= 0.6 is 0 Å². The van der Waals surface area contributed by atoms with Gasteiger partial charge in [0, 0.05) is 42.0 Å². The van der Waals surface area contributed by atoms with E-state index in [0.717, 1.165) is 5.56 Å². The molecule has 0 saturated carbocycles. The molecular weight excluding hydrogens is 636 g/mol. The number of hydrogen-bond acceptors (Lipinski definition) is 12. The second-order valence-corrected chi connectivity index (χ2v) is 11.1. The number of Topliss-reactive ketones (excluding diaryl/α,β-unsaturated/α-hetero) is 1. The van der Waals surface area contributed by atoms with Crippen molar-refractivity contribution in [2.75, 3.05) is 63.4 Å². The lowest BCUT2D eigenvalue weighted by molar-refractivity contribution is 0.0353. The number of methoxy groups -OCH3 is 7. The highest BCUT2D eigenvalue weighted by atomic mass is 16.7. The maximum Gasteiger partial charge on any atom is 0.204 e. The van der Waals surface area contributed by atoms with E-state index in [1.165, 1.54) is 49.8 Å². The topological polar surface area (TPSA) is 141 Å². The van der Waals surface area contributed by atoms with Crippen molar-refractivity contribution < 1.29 is 57.6 Å². The van der Waals surface area contributed by atoms with Crippen molar-refractivity contribution in [2.24, 2.45) is 0 Å². The quantitative estimate of drug-likeness (QED) is 0.160. The summed E-state index contributed by atoms with van der Waals surface area (Å²) in [6.45, 7) is 1.61. The Labute approximate surface area is 284 Å². The summed E-state index contributed by atoms with van der Waals surface area (Å²) in [6, 6.07) is 15.0. The Hall–Kier alpha value is -5.01. The lowest BCUT2D eigenvalue weighted by atomic mass is 9.66. The molecule has 0 spiro atoms. The molecule has 0 heterocycles. The van der Waals surface area contributed by atoms with Gasteiger partial charge in [0.05, 0.1) is 46.7 Å². The second-order valence-electron chi connectivity index (χ2n) is 11.1. The normalized spacial score (nSPS) is 15.5. The molecule has 12 heteroatoms. The molecule has 4 aromatic carbocycles. The van der Waals surface area contributed by atoms with Gasteiger partial charge in [-0.3, -0.25) is 4.79 Å². The van der Waals surface area contributed by atoms with Gasteiger partial charge < -0.3 is 52.8 Å². The van der Waals surface area contributed by atoms with Crippen LogP contribution in [0.5, 0.6) is 40.2 Å². The molecule has 0 saturated heterocycles. The molecule has 49 heavy (non-hydrogen) atoms. The van der Waals surface area contributed by atoms with E-state index in [-0.39, 0.29) is 70.2 Å². The third-order valence-corrected chi connectivity index (χ3v) is 8.43. The van der Waals surface area contributed by atoms with E-state index in [1.807, 2.05) is 6.92 Å². The predicted octanol–water partition coefficient (Wildman–Crippen LogP) is 5.18. The number of aliphatic hydroxyl groups is 2. The van der Waals surface area contributed by atoms with Crippen LogP contribution in [-0.4, -0.2) is 79.4 Å². The Kier molecular flexibility index (Phi) is 10.5. The number of rotatable bonds is 15. The standard InChI is InChI=1S/C37H40O12/c1-20-16-21-33(28(17-20)46-7)37(40,36(21)39)22-12-13-25(45-6)32(35(22)47-8)30-23(43-4)14-15-24(44-5)31(30)34(38)29-26(48-18-41-2)10-9-11-27(29)49-19-42-3/h9-17,34,38,40H,18-19H2,1-8H3/t34-,37-/m1/s1. The van der Waals surface area contributed by atoms with Crippen LogP contribution in [0.25, 0.3) is 11.1 Å². The van der Waals surface area contributed by atoms with E-state index < -0.39 is 17.5 Å². The average Bonchev–Trinajstić information content (AvgIpc) is 3.13. The van der Waals surface area contributed by atoms with Crippen molar-refractivity contribution in [3.8, 4) is 51.4 Å². The first-order valence-corrected chi connectivity index (χ1v) is 15.2. The molecule has 12 nitrogen and oxygen atoms in total. The van der Waals surface area contributed by atoms with Gasteiger partial charge in [-0.05, 0) is 61.0 Å². The number of carbonyl (C=O) groups excluding carboxylic acids is 1. The van der Waals surface area contributed by atoms with Crippen molar-refractivity contribution in [1.29, 1.82) is 0 Å². The predicted molar refractivity (Wildman–Crippen MR) is 179 cm³/mol. The van der Waals surface area contributed by atoms with Crippen LogP contribution in [-0.2, 0) is 15.1 Å². The first kappa shape index (κ1) is 35.3. The monoisotopic (exact) mass is 676 g/mol. The van der Waals surface area contributed by atoms with E-state index in [4.69, 9.17) is 42.6 Å². The minimum absolute atomic E-state index is 0.0863. The van der Waals surface area contributed by atoms with E-state index >= 15 is 0 Å². The van der Waals surface area contributed by atoms with Crippen LogP contribution < -0.4 is 33.2 Å². The lowest BCUT2D eigenvalue weighted by Crippen LogP contribution is -2.47. The third kappa shape index (κ3) is 5.86. The number of aliphatic hydroxyl groups excluding tert-OH is 1. The van der Waals surface area contributed by atoms with Crippen molar-refractivity contribution in [2.45, 2.75) is 18.6 Å². The number of carbonyl (C=O) groups is 1. The van der Waals surface area contributed by atoms with Gasteiger partial charge >= 0.3 is 0 Å². The maximum absolute atomic E-state index is 13.8. The molecule has 2 N–H and O–H groups in total. The van der Waals surface area contributed by atoms with Crippen LogP contribution in [0, 0.1) is 6.92 Å². The molecule has 0 aliphatic heterocycles. The van der Waals surface area contributed by atoms with Crippen molar-refractivity contribution in [3.05, 3.63) is 88.0 Å². The number of ketones is 1. The molecule has 1 aliphatic carbocycles. The van der Waals surface area contributed by atoms with Crippen LogP contribution in [0.15, 0.2) is 54.6 Å². The maximum atomic E-state index is 13.8. The zero-order valence-electron chi connectivity index (χ0n) is 28.7. The molecule has 0 unspecified atom stereocenters. The second kappa shape index (κ2) is 14.6. The third-order valence-electron chi connectivity index (χ3n) is 8.43. The van der Waals surface area contributed by atoms with Gasteiger partial charge in [-0.25, -0.2) is 0 Å². The highest BCUT2D eigenvalue weighted by Crippen LogP contribution is 2.57. The fourth-order valence-corrected chi connectivity index (χ4v) is 6.33. The van der Waals surface area contributed by atoms with Crippen LogP contribution in [0.1, 0.15) is 44.3 Å². The smallest absolute Gasteiger partial charge is 0.204 e. The summed E-state index contributed by atoms with van der Waals surface area (Å²) >= 11 is 0. The van der Waals surface area contributed by atoms with E-state index in [9.17, 15) is 15.0 Å². The summed E-state index contributed by atoms with van der Waals surface area (Å²) in [4.78, 5) is 13.8. The molecule has 5 rings (SSSR count). The summed E-state index contributed by atoms with van der Waals surface area (Å²) in [5.41, 5.74) is 0.450. The van der Waals surface area contributed by atoms with Crippen LogP contribution in [0.4, 0.5) is 0 Å². The Balaban J connectivity index is 1.85. The van der Waals surface area contributed by atoms with Gasteiger partial charge in [0.25, 0.3) is 0 Å². The summed E-state index contributed by atoms with van der Waals surface area (Å²) < 4.78 is 51.2. The van der Waals surface area contributed by atoms with Gasteiger partial charge in [-0.2, -0.15) is 0 Å². The zero-order valence-corrected chi connectivity index (χ0v) is 28.7. The Morgan fingerprint density at radius 1 is 0.653 bits per heavy atom. The van der Waals surface area contributed by atoms with Gasteiger partial charge in [-0.15, -0.1) is 0 Å². The number of aryl methyl sites for hydroxylation is 1. The number of fused-ring (bicyclic) bond motifs is 1. The average molecular weight is 677 g/mol. The Morgan fingerprint density at radius 3 is 1.76 bits per heavy atom. The molecule has 4 aromatic rings. The summed E-state index contributed by atoms with van der Waals surface area (Å²) in [5, 5.41) is 24.7. The molecule has 1 aliphatic rings. The minimum atomic E-state index is -2.13. The van der Waals surface area contributed by atoms with Gasteiger partial charge in [0.15, 0.2) is 19.2 Å². The Morgan fingerprint density at radius 2 is 1.20 bits per heavy atom. The summed E-state index contributed by atoms with van der Waals surface area (Å²) in [7, 11) is 10.2. The van der Waals surface area contributed by atoms with E-state index in [1.54, 1.807) is 54.6 Å². The molecule has 0 amide bonds. The first-order chi connectivity index (χ1) is 23.7. The van der Waals surface area contributed by atoms with Gasteiger partial charge in [-0.1, -0.05) is 6.07 Å². The van der Waals surface area contributed by atoms with Crippen LogP contribution in [0.2, 0.25) is 0 Å². The van der Waals surface area contributed by atoms with Crippen LogP contribution in [0.3, 0.4) is 0 Å². The van der Waals surface area contributed by atoms with E-state index in [0.29, 0.717) is 22.6 Å². The molecular formula is C37H40O12. The first-order valence-electron chi connectivity index (χ1n) is 15.2. The largest absolute Gasteiger partial charge is 0.496 e. The zero-order chi connectivity index (χ0) is 35.5. The lowest BCUT2D eigenvalue weighted by Gasteiger charge is -2.40. The fraction of sp³-hybridized carbons (Fsp3) is 0.324. The number of benzene rings is 4. The Bertz CT molecular complexity index is 1830. The summed E-state index contributed by atoms with van der Waals surface area (Å²) in [5.74, 6) is 1.27. The molecule has 0 bridgehead atoms. The molecule has 260 valence electrons. The van der Waals surface area contributed by atoms with Crippen molar-refractivity contribution >= 4 is 5.78 Å².